The first-order chi connectivity index (χ1) is 8.45. The number of benzene rings is 1. The van der Waals surface area contributed by atoms with E-state index in [0.717, 1.165) is 35.2 Å². The number of ether oxygens (including phenoxy) is 1. The molecule has 0 radical (unpaired) electrons. The van der Waals surface area contributed by atoms with Gasteiger partial charge in [0, 0.05) is 29.7 Å². The Morgan fingerprint density at radius 3 is 2.56 bits per heavy atom. The van der Waals surface area contributed by atoms with Gasteiger partial charge in [0.25, 0.3) is 0 Å². The third-order valence-corrected chi connectivity index (χ3v) is 3.69. The highest BCUT2D eigenvalue weighted by atomic mass is 79.9. The van der Waals surface area contributed by atoms with Gasteiger partial charge < -0.3 is 9.84 Å². The molecule has 0 spiro atoms. The van der Waals surface area contributed by atoms with Crippen LogP contribution in [0.5, 0.6) is 5.75 Å². The fourth-order valence-electron chi connectivity index (χ4n) is 2.58. The summed E-state index contributed by atoms with van der Waals surface area (Å²) in [5.74, 6) is 0.407. The summed E-state index contributed by atoms with van der Waals surface area (Å²) in [5, 5.41) is 10.1. The molecule has 1 saturated heterocycles. The van der Waals surface area contributed by atoms with Crippen molar-refractivity contribution >= 4 is 15.9 Å². The van der Waals surface area contributed by atoms with Crippen molar-refractivity contribution in [1.29, 1.82) is 0 Å². The summed E-state index contributed by atoms with van der Waals surface area (Å²) in [4.78, 5) is 2.33. The summed E-state index contributed by atoms with van der Waals surface area (Å²) in [6.07, 6.45) is 0.508. The first-order valence-electron chi connectivity index (χ1n) is 6.31. The van der Waals surface area contributed by atoms with Crippen LogP contribution < -0.4 is 0 Å². The summed E-state index contributed by atoms with van der Waals surface area (Å²) in [5.41, 5.74) is 1.89. The van der Waals surface area contributed by atoms with Crippen LogP contribution in [0, 0.1) is 6.92 Å². The van der Waals surface area contributed by atoms with Crippen molar-refractivity contribution in [2.45, 2.75) is 39.5 Å². The van der Waals surface area contributed by atoms with Gasteiger partial charge in [0.2, 0.25) is 0 Å². The predicted octanol–water partition coefficient (Wildman–Crippen LogP) is 3.07. The van der Waals surface area contributed by atoms with Gasteiger partial charge >= 0.3 is 0 Å². The Labute approximate surface area is 117 Å². The molecule has 1 aromatic rings. The average Bonchev–Trinajstić information content (AvgIpc) is 2.23. The number of phenols is 1. The van der Waals surface area contributed by atoms with Crippen LogP contribution in [0.2, 0.25) is 0 Å². The van der Waals surface area contributed by atoms with E-state index in [9.17, 15) is 5.11 Å². The Balaban J connectivity index is 2.14. The normalized spacial score (nSPS) is 25.3. The van der Waals surface area contributed by atoms with Gasteiger partial charge in [0.15, 0.2) is 0 Å². The molecule has 2 unspecified atom stereocenters. The zero-order valence-corrected chi connectivity index (χ0v) is 12.7. The van der Waals surface area contributed by atoms with Crippen LogP contribution in [0.3, 0.4) is 0 Å². The molecule has 2 rings (SSSR count). The molecule has 1 aliphatic heterocycles. The fourth-order valence-corrected chi connectivity index (χ4v) is 3.20. The molecule has 3 nitrogen and oxygen atoms in total. The standard InChI is InChI=1S/C14H20BrNO2/c1-9-4-13(15)5-12(14(9)17)8-16-6-10(2)18-11(3)7-16/h4-5,10-11,17H,6-8H2,1-3H3. The molecule has 4 heteroatoms. The van der Waals surface area contributed by atoms with E-state index < -0.39 is 0 Å². The van der Waals surface area contributed by atoms with Crippen LogP contribution in [-0.2, 0) is 11.3 Å². The minimum atomic E-state index is 0.254. The zero-order valence-electron chi connectivity index (χ0n) is 11.1. The van der Waals surface area contributed by atoms with Crippen LogP contribution in [-0.4, -0.2) is 35.3 Å². The molecular formula is C14H20BrNO2. The summed E-state index contributed by atoms with van der Waals surface area (Å²) < 4.78 is 6.73. The smallest absolute Gasteiger partial charge is 0.123 e. The average molecular weight is 314 g/mol. The van der Waals surface area contributed by atoms with Crippen molar-refractivity contribution in [1.82, 2.24) is 4.90 Å². The largest absolute Gasteiger partial charge is 0.507 e. The lowest BCUT2D eigenvalue weighted by molar-refractivity contribution is -0.0706. The number of rotatable bonds is 2. The zero-order chi connectivity index (χ0) is 13.3. The SMILES string of the molecule is Cc1cc(Br)cc(CN2CC(C)OC(C)C2)c1O. The lowest BCUT2D eigenvalue weighted by Crippen LogP contribution is -2.44. The lowest BCUT2D eigenvalue weighted by atomic mass is 10.1. The van der Waals surface area contributed by atoms with Crippen molar-refractivity contribution < 1.29 is 9.84 Å². The van der Waals surface area contributed by atoms with Crippen molar-refractivity contribution in [3.8, 4) is 5.75 Å². The van der Waals surface area contributed by atoms with Crippen molar-refractivity contribution in [3.63, 3.8) is 0 Å². The van der Waals surface area contributed by atoms with Crippen LogP contribution in [0.25, 0.3) is 0 Å². The van der Waals surface area contributed by atoms with E-state index in [4.69, 9.17) is 4.74 Å². The van der Waals surface area contributed by atoms with E-state index in [1.54, 1.807) is 0 Å². The quantitative estimate of drug-likeness (QED) is 0.910. The Morgan fingerprint density at radius 1 is 1.33 bits per heavy atom. The molecule has 0 aromatic heterocycles. The summed E-state index contributed by atoms with van der Waals surface area (Å²) >= 11 is 3.48. The highest BCUT2D eigenvalue weighted by Gasteiger charge is 2.23. The van der Waals surface area contributed by atoms with E-state index in [-0.39, 0.29) is 12.2 Å². The third kappa shape index (κ3) is 3.25. The first-order valence-corrected chi connectivity index (χ1v) is 7.11. The number of aromatic hydroxyl groups is 1. The van der Waals surface area contributed by atoms with Gasteiger partial charge in [-0.2, -0.15) is 0 Å². The van der Waals surface area contributed by atoms with Gasteiger partial charge in [-0.05, 0) is 38.5 Å². The molecular weight excluding hydrogens is 294 g/mol. The van der Waals surface area contributed by atoms with E-state index in [1.165, 1.54) is 0 Å². The molecule has 0 saturated carbocycles. The Kier molecular flexibility index (Phi) is 4.30. The van der Waals surface area contributed by atoms with E-state index >= 15 is 0 Å². The summed E-state index contributed by atoms with van der Waals surface area (Å²) in [6, 6.07) is 3.93. The van der Waals surface area contributed by atoms with Crippen LogP contribution in [0.15, 0.2) is 16.6 Å². The minimum Gasteiger partial charge on any atom is -0.507 e. The maximum absolute atomic E-state index is 10.1. The second-order valence-corrected chi connectivity index (χ2v) is 6.10. The van der Waals surface area contributed by atoms with Crippen LogP contribution >= 0.6 is 15.9 Å². The minimum absolute atomic E-state index is 0.254. The number of halogens is 1. The van der Waals surface area contributed by atoms with Crippen LogP contribution in [0.4, 0.5) is 0 Å². The second kappa shape index (κ2) is 5.59. The van der Waals surface area contributed by atoms with Gasteiger partial charge in [0.05, 0.1) is 12.2 Å². The summed E-state index contributed by atoms with van der Waals surface area (Å²) in [7, 11) is 0. The fraction of sp³-hybridized carbons (Fsp3) is 0.571. The second-order valence-electron chi connectivity index (χ2n) is 5.18. The van der Waals surface area contributed by atoms with Crippen molar-refractivity contribution in [3.05, 3.63) is 27.7 Å². The van der Waals surface area contributed by atoms with Crippen LogP contribution in [0.1, 0.15) is 25.0 Å². The number of aryl methyl sites for hydroxylation is 1. The van der Waals surface area contributed by atoms with Gasteiger partial charge in [0.1, 0.15) is 5.75 Å². The molecule has 18 heavy (non-hydrogen) atoms. The van der Waals surface area contributed by atoms with Gasteiger partial charge in [-0.3, -0.25) is 4.90 Å². The molecule has 1 aliphatic rings. The molecule has 2 atom stereocenters. The van der Waals surface area contributed by atoms with Crippen molar-refractivity contribution in [2.75, 3.05) is 13.1 Å². The first kappa shape index (κ1) is 13.8. The number of phenolic OH excluding ortho intramolecular Hbond substituents is 1. The van der Waals surface area contributed by atoms with E-state index in [2.05, 4.69) is 34.7 Å². The highest BCUT2D eigenvalue weighted by molar-refractivity contribution is 9.10. The molecule has 1 aromatic carbocycles. The van der Waals surface area contributed by atoms with Gasteiger partial charge in [-0.1, -0.05) is 15.9 Å². The third-order valence-electron chi connectivity index (χ3n) is 3.23. The number of hydrogen-bond donors (Lipinski definition) is 1. The van der Waals surface area contributed by atoms with Gasteiger partial charge in [-0.15, -0.1) is 0 Å². The summed E-state index contributed by atoms with van der Waals surface area (Å²) in [6.45, 7) is 8.70. The molecule has 1 fully saturated rings. The highest BCUT2D eigenvalue weighted by Crippen LogP contribution is 2.28. The Morgan fingerprint density at radius 2 is 1.94 bits per heavy atom. The molecule has 1 N–H and O–H groups in total. The lowest BCUT2D eigenvalue weighted by Gasteiger charge is -2.35. The molecule has 0 aliphatic carbocycles. The molecule has 1 heterocycles. The number of morpholine rings is 1. The van der Waals surface area contributed by atoms with Gasteiger partial charge in [-0.25, -0.2) is 0 Å². The monoisotopic (exact) mass is 313 g/mol. The molecule has 0 amide bonds. The number of nitrogens with zero attached hydrogens (tertiary/aromatic N) is 1. The van der Waals surface area contributed by atoms with Crippen molar-refractivity contribution in [2.24, 2.45) is 0 Å². The predicted molar refractivity (Wildman–Crippen MR) is 75.8 cm³/mol. The molecule has 100 valence electrons. The van der Waals surface area contributed by atoms with E-state index in [1.807, 2.05) is 19.1 Å². The maximum atomic E-state index is 10.1. The Hall–Kier alpha value is -0.580. The molecule has 0 bridgehead atoms. The topological polar surface area (TPSA) is 32.7 Å². The maximum Gasteiger partial charge on any atom is 0.123 e. The van der Waals surface area contributed by atoms with E-state index in [0.29, 0.717) is 5.75 Å². The Bertz CT molecular complexity index is 426. The number of hydrogen-bond acceptors (Lipinski definition) is 3.